The number of rotatable bonds is 14. The van der Waals surface area contributed by atoms with Gasteiger partial charge in [-0.05, 0) is 82.2 Å². The lowest BCUT2D eigenvalue weighted by atomic mass is 9.81. The number of ether oxygens (including phenoxy) is 1. The Hall–Kier alpha value is -7.65. The number of hydrogen-bond acceptors (Lipinski definition) is 24. The van der Waals surface area contributed by atoms with Crippen LogP contribution in [0.5, 0.6) is 0 Å². The molecule has 24 nitrogen and oxygen atoms in total. The van der Waals surface area contributed by atoms with Crippen LogP contribution < -0.4 is 31.9 Å². The summed E-state index contributed by atoms with van der Waals surface area (Å²) >= 11 is 7.61. The summed E-state index contributed by atoms with van der Waals surface area (Å²) in [5, 5.41) is 39.8. The number of nitrogens with zero attached hydrogens (tertiary/aromatic N) is 10. The fraction of sp³-hybridized carbons (Fsp3) is 0.448. The number of carbonyl (C=O) groups is 6. The summed E-state index contributed by atoms with van der Waals surface area (Å²) in [6, 6.07) is 10.1. The van der Waals surface area contributed by atoms with Gasteiger partial charge in [-0.3, -0.25) is 33.7 Å². The molecule has 0 spiro atoms. The zero-order valence-electron chi connectivity index (χ0n) is 54.6. The number of anilines is 1. The predicted molar refractivity (Wildman–Crippen MR) is 379 cm³/mol. The van der Waals surface area contributed by atoms with E-state index in [-0.39, 0.29) is 66.4 Å². The number of hydrogen-bond donors (Lipinski definition) is 7. The molecule has 1 aliphatic carbocycles. The molecule has 0 unspecified atom stereocenters. The smallest absolute Gasteiger partial charge is 0.271 e. The molecule has 1 saturated carbocycles. The molecule has 30 heteroatoms. The van der Waals surface area contributed by atoms with Gasteiger partial charge in [0.25, 0.3) is 11.8 Å². The molecule has 4 atom stereocenters. The maximum absolute atomic E-state index is 14.5. The van der Waals surface area contributed by atoms with E-state index in [1.165, 1.54) is 107 Å². The molecule has 0 radical (unpaired) electrons. The van der Waals surface area contributed by atoms with Crippen molar-refractivity contribution in [2.45, 2.75) is 103 Å². The first-order chi connectivity index (χ1) is 47.0. The Balaban J connectivity index is 0.818. The summed E-state index contributed by atoms with van der Waals surface area (Å²) in [6.45, 7) is 17.6. The number of pyridine rings is 1. The maximum atomic E-state index is 14.5. The minimum Gasteiger partial charge on any atom is -0.386 e. The third kappa shape index (κ3) is 16.4. The van der Waals surface area contributed by atoms with Gasteiger partial charge >= 0.3 is 0 Å². The number of carbonyl (C=O) groups excluding carboxylic acids is 6. The average molecular weight is 1430 g/mol. The predicted octanol–water partition coefficient (Wildman–Crippen LogP) is 9.52. The van der Waals surface area contributed by atoms with Crippen molar-refractivity contribution >= 4 is 115 Å². The quantitative estimate of drug-likeness (QED) is 0.0533. The summed E-state index contributed by atoms with van der Waals surface area (Å²) < 4.78 is 5.59. The van der Waals surface area contributed by atoms with E-state index >= 15 is 0 Å². The van der Waals surface area contributed by atoms with Gasteiger partial charge in [-0.1, -0.05) is 57.2 Å². The lowest BCUT2D eigenvalue weighted by Gasteiger charge is -2.38. The zero-order chi connectivity index (χ0) is 67.9. The first-order valence-corrected chi connectivity index (χ1v) is 37.7. The van der Waals surface area contributed by atoms with Crippen LogP contribution in [0.2, 0.25) is 0 Å². The van der Waals surface area contributed by atoms with Crippen LogP contribution >= 0.6 is 68.0 Å². The van der Waals surface area contributed by atoms with Crippen molar-refractivity contribution in [2.75, 3.05) is 78.4 Å². The molecule has 7 aromatic heterocycles. The molecule has 510 valence electrons. The second kappa shape index (κ2) is 31.5. The second-order valence-corrected chi connectivity index (χ2v) is 30.7. The van der Waals surface area contributed by atoms with Gasteiger partial charge in [0.05, 0.1) is 47.9 Å². The minimum absolute atomic E-state index is 0.0568. The number of methoxy groups -OCH3 is 1. The fourth-order valence-electron chi connectivity index (χ4n) is 12.5. The van der Waals surface area contributed by atoms with E-state index in [0.717, 1.165) is 39.3 Å². The van der Waals surface area contributed by atoms with E-state index < -0.39 is 42.0 Å². The van der Waals surface area contributed by atoms with E-state index in [4.69, 9.17) is 39.6 Å². The average Bonchev–Trinajstić information content (AvgIpc) is 1.70. The standard InChI is InChI=1S/C67H78N16O8S6/c1-36(2)52-66-79-53(48(97-66)31-91-6)37(3)69-30-51(85)77-56(57(86)39-13-9-7-10-14-39)65-74-47(34-94-65)63-72-45(32-93-63)55-42(61-73-46(33-92-61)59(88)71-44(29-50(84)68-5)64-80-54(38(4)96-64)60(89)78-52)19-20-43(70-55)62-76-49(35-95-62)75-58(87)40-15-17-41(18-16-40)67(90)83-27-25-82(26-28-83)24-23-81-21-11-8-12-22-81/h7,9-10,13-14,19-20,32-36,40-41,44,52,56-57,69,86H,3,8,11-12,15-18,21-31H2,1-2,4-6H3,(H,68,84)(H,71,88)(H,75,87)(H,77,85)(H,78,89)/t40-,41-,44-,52-,56-,57-/m0/s1. The number of nitrogens with one attached hydrogen (secondary N) is 6. The van der Waals surface area contributed by atoms with Crippen molar-refractivity contribution < 1.29 is 38.6 Å². The molecule has 4 aliphatic rings. The van der Waals surface area contributed by atoms with Crippen molar-refractivity contribution in [2.24, 2.45) is 17.8 Å². The summed E-state index contributed by atoms with van der Waals surface area (Å²) in [6.07, 6.45) is 5.02. The van der Waals surface area contributed by atoms with Crippen LogP contribution in [0.15, 0.2) is 70.6 Å². The highest BCUT2D eigenvalue weighted by atomic mass is 32.1. The van der Waals surface area contributed by atoms with Gasteiger partial charge in [-0.15, -0.1) is 68.0 Å². The van der Waals surface area contributed by atoms with Gasteiger partial charge in [-0.2, -0.15) is 0 Å². The molecule has 8 aromatic rings. The molecule has 3 aliphatic heterocycles. The summed E-state index contributed by atoms with van der Waals surface area (Å²) in [5.74, 6) is -1.98. The second-order valence-electron chi connectivity index (χ2n) is 24.9. The highest BCUT2D eigenvalue weighted by Gasteiger charge is 2.36. The van der Waals surface area contributed by atoms with Gasteiger partial charge in [-0.25, -0.2) is 34.9 Å². The van der Waals surface area contributed by atoms with Crippen LogP contribution in [-0.4, -0.2) is 163 Å². The SMILES string of the molecule is C=C1NCC(=O)N[C@@H]([C@@H](O)c2ccccc2)c2nc(cs2)-c2nc(cs2)-c2nc(-c3nc(NC(=O)[C@H]4CC[C@H](C(=O)N5CCN(CCN6CCCCC6)CC5)CC4)cs3)ccc2-c2nc(cs2)C(=O)N[C@@H](CC(=O)NC)c2nc(c(C)s2)C(=O)N[C@@H](C(C)C)c2nc1c(COC)s2. The van der Waals surface area contributed by atoms with Gasteiger partial charge < -0.3 is 51.5 Å². The van der Waals surface area contributed by atoms with Gasteiger partial charge in [0.1, 0.15) is 82.2 Å². The minimum atomic E-state index is -1.21. The lowest BCUT2D eigenvalue weighted by Crippen LogP contribution is -2.52. The topological polar surface area (TPSA) is 304 Å². The Kier molecular flexibility index (Phi) is 22.5. The van der Waals surface area contributed by atoms with Crippen LogP contribution in [0.1, 0.15) is 146 Å². The maximum Gasteiger partial charge on any atom is 0.271 e. The Labute approximate surface area is 586 Å². The molecule has 10 heterocycles. The summed E-state index contributed by atoms with van der Waals surface area (Å²) in [5.41, 5.74) is 3.87. The molecular weight excluding hydrogens is 1350 g/mol. The first-order valence-electron chi connectivity index (χ1n) is 32.6. The molecule has 7 N–H and O–H groups in total. The molecule has 10 bridgehead atoms. The number of aliphatic hydroxyl groups is 1. The highest BCUT2D eigenvalue weighted by molar-refractivity contribution is 7.15. The number of aryl methyl sites for hydroxylation is 1. The lowest BCUT2D eigenvalue weighted by molar-refractivity contribution is -0.139. The summed E-state index contributed by atoms with van der Waals surface area (Å²) in [7, 11) is 3.06. The number of benzene rings is 1. The van der Waals surface area contributed by atoms with Crippen LogP contribution in [0.3, 0.4) is 0 Å². The van der Waals surface area contributed by atoms with Gasteiger partial charge in [0.2, 0.25) is 23.6 Å². The number of piperazine rings is 1. The molecule has 2 saturated heterocycles. The molecule has 1 aromatic carbocycles. The molecule has 6 amide bonds. The first kappa shape index (κ1) is 69.3. The van der Waals surface area contributed by atoms with Crippen LogP contribution in [-0.2, 0) is 30.5 Å². The fourth-order valence-corrected chi connectivity index (χ4v) is 18.0. The Morgan fingerprint density at radius 1 is 0.670 bits per heavy atom. The van der Waals surface area contributed by atoms with Crippen LogP contribution in [0.4, 0.5) is 5.82 Å². The Morgan fingerprint density at radius 2 is 1.35 bits per heavy atom. The number of aliphatic hydroxyl groups excluding tert-OH is 1. The van der Waals surface area contributed by atoms with E-state index in [9.17, 15) is 33.9 Å². The van der Waals surface area contributed by atoms with Crippen LogP contribution in [0.25, 0.3) is 49.1 Å². The molecule has 97 heavy (non-hydrogen) atoms. The van der Waals surface area contributed by atoms with Crippen molar-refractivity contribution in [3.8, 4) is 43.4 Å². The van der Waals surface area contributed by atoms with Crippen molar-refractivity contribution in [3.05, 3.63) is 118 Å². The number of amides is 6. The van der Waals surface area contributed by atoms with E-state index in [2.05, 4.69) is 48.3 Å². The number of fused-ring (bicyclic) bond motifs is 14. The summed E-state index contributed by atoms with van der Waals surface area (Å²) in [4.78, 5) is 127. The number of likely N-dealkylation sites (tertiary alicyclic amines) is 1. The van der Waals surface area contributed by atoms with Gasteiger partial charge in [0, 0.05) is 97.2 Å². The molecule has 3 fully saturated rings. The Bertz CT molecular complexity index is 4140. The number of piperidine rings is 1. The Morgan fingerprint density at radius 3 is 2.09 bits per heavy atom. The molecular formula is C67H78N16O8S6. The van der Waals surface area contributed by atoms with Crippen LogP contribution in [0, 0.1) is 24.7 Å². The zero-order valence-corrected chi connectivity index (χ0v) is 59.5. The van der Waals surface area contributed by atoms with E-state index in [1.54, 1.807) is 55.1 Å². The third-order valence-electron chi connectivity index (χ3n) is 17.9. The number of thiazole rings is 6. The van der Waals surface area contributed by atoms with E-state index in [0.29, 0.717) is 117 Å². The van der Waals surface area contributed by atoms with Crippen molar-refractivity contribution in [3.63, 3.8) is 0 Å². The van der Waals surface area contributed by atoms with E-state index in [1.807, 2.05) is 41.6 Å². The number of aromatic nitrogens is 7. The normalized spacial score (nSPS) is 20.5. The highest BCUT2D eigenvalue weighted by Crippen LogP contribution is 2.41. The van der Waals surface area contributed by atoms with Crippen molar-refractivity contribution in [1.82, 2.24) is 76.2 Å². The third-order valence-corrected chi connectivity index (χ3v) is 23.7. The molecule has 12 rings (SSSR count). The monoisotopic (exact) mass is 1430 g/mol. The van der Waals surface area contributed by atoms with Gasteiger partial charge in [0.15, 0.2) is 0 Å². The van der Waals surface area contributed by atoms with Crippen molar-refractivity contribution in [1.29, 1.82) is 0 Å². The largest absolute Gasteiger partial charge is 0.386 e.